The van der Waals surface area contributed by atoms with Crippen molar-refractivity contribution in [2.45, 2.75) is 46.8 Å². The summed E-state index contributed by atoms with van der Waals surface area (Å²) >= 11 is 0. The van der Waals surface area contributed by atoms with Gasteiger partial charge in [0.15, 0.2) is 11.5 Å². The average molecular weight is 384 g/mol. The number of fused-ring (bicyclic) bond motifs is 2. The van der Waals surface area contributed by atoms with Crippen LogP contribution in [0.3, 0.4) is 0 Å². The normalized spacial score (nSPS) is 22.8. The summed E-state index contributed by atoms with van der Waals surface area (Å²) in [7, 11) is 0. The maximum Gasteiger partial charge on any atom is 0.344 e. The van der Waals surface area contributed by atoms with Crippen LogP contribution in [0.1, 0.15) is 47.3 Å². The van der Waals surface area contributed by atoms with Crippen molar-refractivity contribution >= 4 is 11.8 Å². The molecule has 1 aromatic carbocycles. The summed E-state index contributed by atoms with van der Waals surface area (Å²) < 4.78 is 17.5. The first-order valence-corrected chi connectivity index (χ1v) is 9.83. The van der Waals surface area contributed by atoms with Crippen molar-refractivity contribution in [3.8, 4) is 0 Å². The predicted octanol–water partition coefficient (Wildman–Crippen LogP) is 4.20. The second kappa shape index (κ2) is 8.02. The maximum absolute atomic E-state index is 13.0. The summed E-state index contributed by atoms with van der Waals surface area (Å²) in [6.45, 7) is 10.5. The molecule has 2 bridgehead atoms. The number of rotatable bonds is 6. The van der Waals surface area contributed by atoms with Crippen molar-refractivity contribution < 1.29 is 23.8 Å². The van der Waals surface area contributed by atoms with Gasteiger partial charge in [0.05, 0.1) is 11.5 Å². The molecule has 0 radical (unpaired) electrons. The van der Waals surface area contributed by atoms with E-state index < -0.39 is 17.7 Å². The molecule has 150 valence electrons. The van der Waals surface area contributed by atoms with Crippen LogP contribution in [-0.2, 0) is 19.0 Å². The number of esters is 1. The lowest BCUT2D eigenvalue weighted by Gasteiger charge is -2.40. The lowest BCUT2D eigenvalue weighted by atomic mass is 9.84. The molecule has 0 N–H and O–H groups in total. The van der Waals surface area contributed by atoms with Gasteiger partial charge in [-0.3, -0.25) is 4.79 Å². The first-order valence-electron chi connectivity index (χ1n) is 9.83. The van der Waals surface area contributed by atoms with Crippen LogP contribution in [0.4, 0.5) is 0 Å². The fourth-order valence-electron chi connectivity index (χ4n) is 4.28. The van der Waals surface area contributed by atoms with E-state index in [2.05, 4.69) is 0 Å². The largest absolute Gasteiger partial charge is 0.419 e. The molecule has 0 saturated heterocycles. The molecule has 0 aromatic heterocycles. The summed E-state index contributed by atoms with van der Waals surface area (Å²) in [6.07, 6.45) is 5.87. The molecular formula is C23H28O5. The van der Waals surface area contributed by atoms with Gasteiger partial charge in [0.2, 0.25) is 5.78 Å². The van der Waals surface area contributed by atoms with Gasteiger partial charge in [0, 0.05) is 25.6 Å². The summed E-state index contributed by atoms with van der Waals surface area (Å²) in [5, 5.41) is 0. The number of Topliss-reactive ketones (excluding diaryl/α,β-unsaturated/α-hetero) is 1. The molecule has 5 nitrogen and oxygen atoms in total. The number of ketones is 1. The standard InChI is InChI=1S/C23H28O5/c1-6-26-23(27-7-2)13-17-8-9-18(23)12-19(21(17)24)28-22(25)20-15(4)10-14(3)11-16(20)5/h8-12,17-18H,6-7,13H2,1-5H3. The van der Waals surface area contributed by atoms with Crippen LogP contribution in [-0.4, -0.2) is 30.8 Å². The highest BCUT2D eigenvalue weighted by atomic mass is 16.7. The van der Waals surface area contributed by atoms with Crippen molar-refractivity contribution in [3.63, 3.8) is 0 Å². The zero-order valence-corrected chi connectivity index (χ0v) is 17.2. The second-order valence-electron chi connectivity index (χ2n) is 7.46. The van der Waals surface area contributed by atoms with Crippen LogP contribution in [0.2, 0.25) is 0 Å². The molecule has 0 spiro atoms. The number of carbonyl (C=O) groups is 2. The molecule has 3 aliphatic rings. The number of hydrogen-bond donors (Lipinski definition) is 0. The van der Waals surface area contributed by atoms with E-state index in [0.29, 0.717) is 25.2 Å². The Balaban J connectivity index is 1.93. The summed E-state index contributed by atoms with van der Waals surface area (Å²) in [5.41, 5.74) is 3.26. The summed E-state index contributed by atoms with van der Waals surface area (Å²) in [5.74, 6) is -2.27. The third-order valence-corrected chi connectivity index (χ3v) is 5.33. The van der Waals surface area contributed by atoms with Gasteiger partial charge in [-0.15, -0.1) is 0 Å². The Bertz CT molecular complexity index is 820. The third-order valence-electron chi connectivity index (χ3n) is 5.33. The van der Waals surface area contributed by atoms with E-state index in [9.17, 15) is 9.59 Å². The lowest BCUT2D eigenvalue weighted by Crippen LogP contribution is -2.45. The Morgan fingerprint density at radius 1 is 1.07 bits per heavy atom. The Morgan fingerprint density at radius 2 is 1.68 bits per heavy atom. The molecule has 3 aliphatic carbocycles. The zero-order chi connectivity index (χ0) is 20.5. The van der Waals surface area contributed by atoms with Crippen molar-refractivity contribution in [3.05, 3.63) is 58.4 Å². The van der Waals surface area contributed by atoms with E-state index in [4.69, 9.17) is 14.2 Å². The van der Waals surface area contributed by atoms with E-state index in [1.807, 2.05) is 58.9 Å². The summed E-state index contributed by atoms with van der Waals surface area (Å²) in [6, 6.07) is 3.88. The Labute approximate surface area is 166 Å². The smallest absolute Gasteiger partial charge is 0.344 e. The quantitative estimate of drug-likeness (QED) is 0.418. The molecule has 4 rings (SSSR count). The highest BCUT2D eigenvalue weighted by Crippen LogP contribution is 2.42. The van der Waals surface area contributed by atoms with Crippen LogP contribution in [0.25, 0.3) is 0 Å². The van der Waals surface area contributed by atoms with Crippen molar-refractivity contribution in [2.24, 2.45) is 11.8 Å². The highest BCUT2D eigenvalue weighted by Gasteiger charge is 2.48. The topological polar surface area (TPSA) is 61.8 Å². The predicted molar refractivity (Wildman–Crippen MR) is 106 cm³/mol. The number of carbonyl (C=O) groups excluding carboxylic acids is 2. The van der Waals surface area contributed by atoms with Gasteiger partial charge >= 0.3 is 5.97 Å². The van der Waals surface area contributed by atoms with Crippen molar-refractivity contribution in [1.29, 1.82) is 0 Å². The van der Waals surface area contributed by atoms with E-state index in [1.54, 1.807) is 6.08 Å². The Morgan fingerprint density at radius 3 is 2.25 bits per heavy atom. The van der Waals surface area contributed by atoms with Gasteiger partial charge < -0.3 is 14.2 Å². The second-order valence-corrected chi connectivity index (χ2v) is 7.46. The van der Waals surface area contributed by atoms with E-state index in [1.165, 1.54) is 0 Å². The fraction of sp³-hybridized carbons (Fsp3) is 0.478. The van der Waals surface area contributed by atoms with Crippen LogP contribution >= 0.6 is 0 Å². The number of hydrogen-bond acceptors (Lipinski definition) is 5. The summed E-state index contributed by atoms with van der Waals surface area (Å²) in [4.78, 5) is 25.9. The van der Waals surface area contributed by atoms with Crippen molar-refractivity contribution in [1.82, 2.24) is 0 Å². The number of benzene rings is 1. The molecule has 5 heteroatoms. The highest BCUT2D eigenvalue weighted by molar-refractivity contribution is 6.02. The minimum absolute atomic E-state index is 0.0747. The maximum atomic E-state index is 13.0. The molecule has 0 saturated carbocycles. The average Bonchev–Trinajstić information content (AvgIpc) is 2.81. The molecule has 28 heavy (non-hydrogen) atoms. The minimum atomic E-state index is -0.900. The number of ether oxygens (including phenoxy) is 3. The van der Waals surface area contributed by atoms with Gasteiger partial charge in [-0.1, -0.05) is 29.8 Å². The SMILES string of the molecule is CCOC1(OCC)CC2C=CC1C=C(OC(=O)c1c(C)cc(C)cc1C)C2=O. The van der Waals surface area contributed by atoms with Gasteiger partial charge in [-0.2, -0.15) is 0 Å². The minimum Gasteiger partial charge on any atom is -0.419 e. The Kier molecular flexibility index (Phi) is 5.87. The van der Waals surface area contributed by atoms with E-state index >= 15 is 0 Å². The molecule has 0 fully saturated rings. The van der Waals surface area contributed by atoms with Crippen LogP contribution in [0, 0.1) is 32.6 Å². The van der Waals surface area contributed by atoms with Crippen molar-refractivity contribution in [2.75, 3.05) is 13.2 Å². The van der Waals surface area contributed by atoms with Crippen LogP contribution in [0.15, 0.2) is 36.1 Å². The van der Waals surface area contributed by atoms with Gasteiger partial charge in [0.1, 0.15) is 0 Å². The van der Waals surface area contributed by atoms with Gasteiger partial charge in [-0.25, -0.2) is 4.79 Å². The molecule has 0 heterocycles. The monoisotopic (exact) mass is 384 g/mol. The molecule has 0 aliphatic heterocycles. The van der Waals surface area contributed by atoms with Gasteiger partial charge in [-0.05, 0) is 51.8 Å². The molecule has 1 aromatic rings. The molecular weight excluding hydrogens is 356 g/mol. The number of allylic oxidation sites excluding steroid dienone is 2. The molecule has 2 atom stereocenters. The fourth-order valence-corrected chi connectivity index (χ4v) is 4.28. The first kappa shape index (κ1) is 20.5. The van der Waals surface area contributed by atoms with Crippen LogP contribution < -0.4 is 0 Å². The first-order chi connectivity index (χ1) is 13.3. The molecule has 0 amide bonds. The third kappa shape index (κ3) is 3.69. The zero-order valence-electron chi connectivity index (χ0n) is 17.2. The van der Waals surface area contributed by atoms with E-state index in [0.717, 1.165) is 16.7 Å². The van der Waals surface area contributed by atoms with Crippen LogP contribution in [0.5, 0.6) is 0 Å². The van der Waals surface area contributed by atoms with Gasteiger partial charge in [0.25, 0.3) is 0 Å². The number of aryl methyl sites for hydroxylation is 3. The molecule has 2 unspecified atom stereocenters. The Hall–Kier alpha value is -2.24. The lowest BCUT2D eigenvalue weighted by molar-refractivity contribution is -0.255. The van der Waals surface area contributed by atoms with E-state index in [-0.39, 0.29) is 17.5 Å².